The second-order valence-corrected chi connectivity index (χ2v) is 6.15. The molecule has 16 heavy (non-hydrogen) atoms. The first kappa shape index (κ1) is 13.6. The van der Waals surface area contributed by atoms with Crippen molar-refractivity contribution in [3.05, 3.63) is 16.1 Å². The summed E-state index contributed by atoms with van der Waals surface area (Å²) in [4.78, 5) is 4.55. The molecule has 0 bridgehead atoms. The Kier molecular flexibility index (Phi) is 4.89. The molecule has 1 rings (SSSR count). The summed E-state index contributed by atoms with van der Waals surface area (Å²) < 4.78 is 0. The molecule has 4 heteroatoms. The highest BCUT2D eigenvalue weighted by molar-refractivity contribution is 7.09. The number of nitrogens with zero attached hydrogens (tertiary/aromatic N) is 1. The summed E-state index contributed by atoms with van der Waals surface area (Å²) in [6.45, 7) is 10.2. The minimum Gasteiger partial charge on any atom is -0.396 e. The molecule has 1 heterocycles. The van der Waals surface area contributed by atoms with Crippen LogP contribution in [0.5, 0.6) is 0 Å². The maximum Gasteiger partial charge on any atom is 0.0954 e. The van der Waals surface area contributed by atoms with Crippen LogP contribution in [0.1, 0.15) is 44.3 Å². The van der Waals surface area contributed by atoms with E-state index < -0.39 is 0 Å². The number of rotatable bonds is 6. The third-order valence-corrected chi connectivity index (χ3v) is 3.60. The Morgan fingerprint density at radius 2 is 2.19 bits per heavy atom. The molecule has 0 saturated heterocycles. The summed E-state index contributed by atoms with van der Waals surface area (Å²) >= 11 is 1.72. The van der Waals surface area contributed by atoms with Crippen LogP contribution in [-0.4, -0.2) is 23.2 Å². The van der Waals surface area contributed by atoms with Crippen LogP contribution in [0.15, 0.2) is 5.38 Å². The predicted octanol–water partition coefficient (Wildman–Crippen LogP) is 2.37. The molecule has 0 spiro atoms. The van der Waals surface area contributed by atoms with Crippen LogP contribution < -0.4 is 5.32 Å². The van der Waals surface area contributed by atoms with Gasteiger partial charge in [0.25, 0.3) is 0 Å². The fourth-order valence-electron chi connectivity index (χ4n) is 1.25. The van der Waals surface area contributed by atoms with E-state index in [4.69, 9.17) is 5.11 Å². The summed E-state index contributed by atoms with van der Waals surface area (Å²) in [6.07, 6.45) is 0. The molecule has 1 aromatic rings. The molecule has 0 aliphatic heterocycles. The van der Waals surface area contributed by atoms with Crippen molar-refractivity contribution in [2.45, 2.75) is 40.2 Å². The number of hydrogen-bond donors (Lipinski definition) is 2. The highest BCUT2D eigenvalue weighted by atomic mass is 32.1. The molecule has 2 N–H and O–H groups in total. The number of thiazole rings is 1. The van der Waals surface area contributed by atoms with Gasteiger partial charge in [0.1, 0.15) is 0 Å². The zero-order chi connectivity index (χ0) is 12.2. The van der Waals surface area contributed by atoms with Gasteiger partial charge in [0, 0.05) is 36.4 Å². The van der Waals surface area contributed by atoms with E-state index >= 15 is 0 Å². The number of nitrogens with one attached hydrogen (secondary N) is 1. The van der Waals surface area contributed by atoms with E-state index in [1.165, 1.54) is 5.01 Å². The van der Waals surface area contributed by atoms with Crippen LogP contribution >= 0.6 is 11.3 Å². The Bertz CT molecular complexity index is 321. The summed E-state index contributed by atoms with van der Waals surface area (Å²) in [7, 11) is 0. The van der Waals surface area contributed by atoms with Gasteiger partial charge in [0.2, 0.25) is 0 Å². The normalized spacial score (nSPS) is 12.4. The van der Waals surface area contributed by atoms with Crippen molar-refractivity contribution in [3.8, 4) is 0 Å². The molecule has 92 valence electrons. The van der Waals surface area contributed by atoms with E-state index in [2.05, 4.69) is 29.5 Å². The van der Waals surface area contributed by atoms with Gasteiger partial charge in [-0.15, -0.1) is 11.3 Å². The summed E-state index contributed by atoms with van der Waals surface area (Å²) in [6, 6.07) is 0. The summed E-state index contributed by atoms with van der Waals surface area (Å²) in [5, 5.41) is 15.7. The van der Waals surface area contributed by atoms with E-state index in [0.717, 1.165) is 18.8 Å². The standard InChI is InChI=1S/C12H22N2OS/c1-9(2)11-14-10(6-16-11)5-13-7-12(3,4)8-15/h6,9,13,15H,5,7-8H2,1-4H3. The van der Waals surface area contributed by atoms with Crippen molar-refractivity contribution < 1.29 is 5.11 Å². The quantitative estimate of drug-likeness (QED) is 0.805. The minimum atomic E-state index is -0.0586. The first-order chi connectivity index (χ1) is 7.44. The number of aliphatic hydroxyl groups excluding tert-OH is 1. The van der Waals surface area contributed by atoms with E-state index in [-0.39, 0.29) is 12.0 Å². The van der Waals surface area contributed by atoms with Crippen LogP contribution in [0.4, 0.5) is 0 Å². The van der Waals surface area contributed by atoms with Gasteiger partial charge >= 0.3 is 0 Å². The van der Waals surface area contributed by atoms with Gasteiger partial charge in [-0.05, 0) is 0 Å². The number of aliphatic hydroxyl groups is 1. The van der Waals surface area contributed by atoms with Crippen molar-refractivity contribution in [3.63, 3.8) is 0 Å². The van der Waals surface area contributed by atoms with Gasteiger partial charge in [-0.3, -0.25) is 0 Å². The molecule has 0 fully saturated rings. The first-order valence-electron chi connectivity index (χ1n) is 5.70. The van der Waals surface area contributed by atoms with Gasteiger partial charge in [-0.2, -0.15) is 0 Å². The SMILES string of the molecule is CC(C)c1nc(CNCC(C)(C)CO)cs1. The Morgan fingerprint density at radius 3 is 2.69 bits per heavy atom. The van der Waals surface area contributed by atoms with E-state index in [1.807, 2.05) is 13.8 Å². The smallest absolute Gasteiger partial charge is 0.0954 e. The molecule has 0 unspecified atom stereocenters. The Hall–Kier alpha value is -0.450. The average Bonchev–Trinajstić information content (AvgIpc) is 2.66. The summed E-state index contributed by atoms with van der Waals surface area (Å²) in [5.74, 6) is 0.507. The lowest BCUT2D eigenvalue weighted by molar-refractivity contribution is 0.156. The Labute approximate surface area is 102 Å². The van der Waals surface area contributed by atoms with E-state index in [9.17, 15) is 0 Å². The van der Waals surface area contributed by atoms with Gasteiger partial charge in [-0.25, -0.2) is 4.98 Å². The van der Waals surface area contributed by atoms with Crippen LogP contribution in [0.25, 0.3) is 0 Å². The second kappa shape index (κ2) is 5.75. The van der Waals surface area contributed by atoms with Gasteiger partial charge < -0.3 is 10.4 Å². The third kappa shape index (κ3) is 4.20. The van der Waals surface area contributed by atoms with Crippen LogP contribution in [0.3, 0.4) is 0 Å². The molecule has 0 saturated carbocycles. The summed E-state index contributed by atoms with van der Waals surface area (Å²) in [5.41, 5.74) is 1.04. The molecule has 0 amide bonds. The predicted molar refractivity (Wildman–Crippen MR) is 68.8 cm³/mol. The lowest BCUT2D eigenvalue weighted by Crippen LogP contribution is -2.31. The molecule has 0 aromatic carbocycles. The molecule has 0 aliphatic rings. The van der Waals surface area contributed by atoms with Crippen LogP contribution in [-0.2, 0) is 6.54 Å². The second-order valence-electron chi connectivity index (χ2n) is 5.26. The largest absolute Gasteiger partial charge is 0.396 e. The van der Waals surface area contributed by atoms with Gasteiger partial charge in [0.15, 0.2) is 0 Å². The highest BCUT2D eigenvalue weighted by Gasteiger charge is 2.15. The Morgan fingerprint density at radius 1 is 1.50 bits per heavy atom. The average molecular weight is 242 g/mol. The fraction of sp³-hybridized carbons (Fsp3) is 0.750. The monoisotopic (exact) mass is 242 g/mol. The Balaban J connectivity index is 2.37. The maximum absolute atomic E-state index is 9.11. The zero-order valence-corrected chi connectivity index (χ0v) is 11.4. The number of aromatic nitrogens is 1. The van der Waals surface area contributed by atoms with E-state index in [0.29, 0.717) is 5.92 Å². The third-order valence-electron chi connectivity index (χ3n) is 2.40. The van der Waals surface area contributed by atoms with Crippen LogP contribution in [0.2, 0.25) is 0 Å². The highest BCUT2D eigenvalue weighted by Crippen LogP contribution is 2.19. The molecule has 0 radical (unpaired) electrons. The minimum absolute atomic E-state index is 0.0586. The maximum atomic E-state index is 9.11. The lowest BCUT2D eigenvalue weighted by atomic mass is 9.95. The lowest BCUT2D eigenvalue weighted by Gasteiger charge is -2.21. The van der Waals surface area contributed by atoms with Gasteiger partial charge in [0.05, 0.1) is 10.7 Å². The zero-order valence-electron chi connectivity index (χ0n) is 10.6. The fourth-order valence-corrected chi connectivity index (χ4v) is 2.09. The first-order valence-corrected chi connectivity index (χ1v) is 6.58. The van der Waals surface area contributed by atoms with Gasteiger partial charge in [-0.1, -0.05) is 27.7 Å². The van der Waals surface area contributed by atoms with Crippen molar-refractivity contribution in [2.75, 3.05) is 13.2 Å². The molecule has 3 nitrogen and oxygen atoms in total. The molecular weight excluding hydrogens is 220 g/mol. The van der Waals surface area contributed by atoms with Crippen LogP contribution in [0, 0.1) is 5.41 Å². The van der Waals surface area contributed by atoms with Crippen molar-refractivity contribution in [1.82, 2.24) is 10.3 Å². The van der Waals surface area contributed by atoms with Crippen molar-refractivity contribution >= 4 is 11.3 Å². The van der Waals surface area contributed by atoms with Crippen molar-refractivity contribution in [2.24, 2.45) is 5.41 Å². The molecule has 0 atom stereocenters. The molecule has 1 aromatic heterocycles. The molecular formula is C12H22N2OS. The van der Waals surface area contributed by atoms with Crippen molar-refractivity contribution in [1.29, 1.82) is 0 Å². The topological polar surface area (TPSA) is 45.2 Å². The molecule has 0 aliphatic carbocycles. The number of hydrogen-bond acceptors (Lipinski definition) is 4. The van der Waals surface area contributed by atoms with E-state index in [1.54, 1.807) is 11.3 Å².